The van der Waals surface area contributed by atoms with E-state index in [9.17, 15) is 44.9 Å². The summed E-state index contributed by atoms with van der Waals surface area (Å²) in [6.45, 7) is 2.23. The molecule has 2 aromatic heterocycles. The second kappa shape index (κ2) is 16.3. The summed E-state index contributed by atoms with van der Waals surface area (Å²) in [5.74, 6) is 1.26. The number of nitrogens with one attached hydrogen (secondary N) is 1. The van der Waals surface area contributed by atoms with Gasteiger partial charge in [0.2, 0.25) is 11.5 Å². The van der Waals surface area contributed by atoms with Gasteiger partial charge in [0.15, 0.2) is 0 Å². The van der Waals surface area contributed by atoms with E-state index in [-0.39, 0.29) is 57.0 Å². The largest absolute Gasteiger partial charge is 0.474 e. The van der Waals surface area contributed by atoms with E-state index in [1.54, 1.807) is 11.8 Å². The predicted octanol–water partition coefficient (Wildman–Crippen LogP) is 7.12. The minimum absolute atomic E-state index is 0.00740. The molecule has 3 amide bonds. The zero-order valence-corrected chi connectivity index (χ0v) is 31.4. The van der Waals surface area contributed by atoms with E-state index >= 15 is 0 Å². The van der Waals surface area contributed by atoms with Gasteiger partial charge in [0.05, 0.1) is 17.2 Å². The molecule has 0 radical (unpaired) electrons. The van der Waals surface area contributed by atoms with Gasteiger partial charge in [0.1, 0.15) is 10.6 Å². The van der Waals surface area contributed by atoms with E-state index in [0.717, 1.165) is 35.0 Å². The van der Waals surface area contributed by atoms with Crippen molar-refractivity contribution in [1.29, 1.82) is 0 Å². The molecule has 2 fully saturated rings. The lowest BCUT2D eigenvalue weighted by atomic mass is 9.78. The smallest absolute Gasteiger partial charge is 0.425 e. The molecule has 3 aromatic rings. The van der Waals surface area contributed by atoms with Crippen LogP contribution in [0.2, 0.25) is 0 Å². The molecule has 1 unspecified atom stereocenters. The minimum Gasteiger partial charge on any atom is -0.474 e. The van der Waals surface area contributed by atoms with Crippen molar-refractivity contribution in [1.82, 2.24) is 19.5 Å². The van der Waals surface area contributed by atoms with E-state index in [1.165, 1.54) is 11.2 Å². The van der Waals surface area contributed by atoms with Crippen molar-refractivity contribution in [3.8, 4) is 5.75 Å². The number of likely N-dealkylation sites (tertiary alicyclic amines) is 2. The number of benzene rings is 1. The average Bonchev–Trinajstić information content (AvgIpc) is 3.59. The lowest BCUT2D eigenvalue weighted by Crippen LogP contribution is -2.68. The first-order valence-electron chi connectivity index (χ1n) is 17.5. The van der Waals surface area contributed by atoms with Crippen LogP contribution in [-0.4, -0.2) is 80.1 Å². The Kier molecular flexibility index (Phi) is 12.4. The number of carbonyl (C=O) groups is 3. The Hall–Kier alpha value is -4.12. The number of ether oxygens (including phenoxy) is 1. The Balaban J connectivity index is 1.45. The molecule has 2 aliphatic heterocycles. The summed E-state index contributed by atoms with van der Waals surface area (Å²) in [6.07, 6.45) is -4.36. The lowest BCUT2D eigenvalue weighted by Gasteiger charge is -2.50. The summed E-state index contributed by atoms with van der Waals surface area (Å²) in [5, 5.41) is 1.14. The molecule has 0 spiro atoms. The fourth-order valence-electron chi connectivity index (χ4n) is 7.46. The van der Waals surface area contributed by atoms with Gasteiger partial charge in [-0.2, -0.15) is 26.3 Å². The summed E-state index contributed by atoms with van der Waals surface area (Å²) < 4.78 is 104. The van der Waals surface area contributed by atoms with Gasteiger partial charge < -0.3 is 14.5 Å². The third kappa shape index (κ3) is 9.39. The summed E-state index contributed by atoms with van der Waals surface area (Å²) >= 11 is 0.391. The molecule has 4 heterocycles. The van der Waals surface area contributed by atoms with Crippen LogP contribution in [0.1, 0.15) is 89.7 Å². The number of piperidine rings is 2. The Labute approximate surface area is 314 Å². The maximum atomic E-state index is 14.9. The SMILES string of the molecule is C=S(C)(=O)NC(=O)CCc1ccccc1C1CCN(C(=O)[C@]2(Oc3csc(C(F)(F)F)c3)CCCN(C(=O)c3cnccc3C(F)(F)F)[C@@H]2CCC)CC1. The van der Waals surface area contributed by atoms with Gasteiger partial charge in [-0.3, -0.25) is 24.1 Å². The molecular formula is C37H42F6N4O5S2. The highest BCUT2D eigenvalue weighted by Gasteiger charge is 2.56. The van der Waals surface area contributed by atoms with E-state index in [0.29, 0.717) is 43.1 Å². The van der Waals surface area contributed by atoms with E-state index < -0.39 is 67.4 Å². The van der Waals surface area contributed by atoms with Crippen molar-refractivity contribution in [3.05, 3.63) is 81.3 Å². The molecule has 294 valence electrons. The van der Waals surface area contributed by atoms with Gasteiger partial charge in [0, 0.05) is 72.3 Å². The maximum Gasteiger partial charge on any atom is 0.425 e. The first-order chi connectivity index (χ1) is 25.3. The van der Waals surface area contributed by atoms with E-state index in [1.807, 2.05) is 24.3 Å². The topological polar surface area (TPSA) is 109 Å². The highest BCUT2D eigenvalue weighted by molar-refractivity contribution is 7.98. The molecule has 1 N–H and O–H groups in total. The van der Waals surface area contributed by atoms with Crippen LogP contribution in [0.15, 0.2) is 54.2 Å². The Bertz CT molecular complexity index is 1940. The summed E-state index contributed by atoms with van der Waals surface area (Å²) in [6, 6.07) is 7.96. The molecule has 3 atom stereocenters. The molecule has 0 saturated carbocycles. The second-order valence-electron chi connectivity index (χ2n) is 13.8. The Morgan fingerprint density at radius 2 is 1.78 bits per heavy atom. The number of alkyl halides is 6. The third-order valence-corrected chi connectivity index (χ3v) is 11.4. The minimum atomic E-state index is -4.88. The number of rotatable bonds is 11. The van der Waals surface area contributed by atoms with Crippen LogP contribution in [0.5, 0.6) is 5.75 Å². The number of amides is 3. The van der Waals surface area contributed by atoms with Gasteiger partial charge >= 0.3 is 12.4 Å². The number of hydrogen-bond donors (Lipinski definition) is 1. The Morgan fingerprint density at radius 1 is 1.07 bits per heavy atom. The number of aryl methyl sites for hydroxylation is 1. The Morgan fingerprint density at radius 3 is 2.41 bits per heavy atom. The van der Waals surface area contributed by atoms with Crippen LogP contribution >= 0.6 is 11.3 Å². The van der Waals surface area contributed by atoms with Crippen molar-refractivity contribution in [3.63, 3.8) is 0 Å². The number of pyridine rings is 1. The maximum absolute atomic E-state index is 14.9. The summed E-state index contributed by atoms with van der Waals surface area (Å²) in [4.78, 5) is 46.9. The zero-order valence-electron chi connectivity index (χ0n) is 29.8. The molecule has 2 aliphatic rings. The van der Waals surface area contributed by atoms with Crippen molar-refractivity contribution >= 4 is 44.6 Å². The molecule has 9 nitrogen and oxygen atoms in total. The van der Waals surface area contributed by atoms with Crippen LogP contribution in [0, 0.1) is 0 Å². The molecule has 54 heavy (non-hydrogen) atoms. The number of thiophene rings is 1. The molecule has 17 heteroatoms. The molecule has 0 bridgehead atoms. The molecule has 5 rings (SSSR count). The van der Waals surface area contributed by atoms with Crippen LogP contribution in [-0.2, 0) is 38.1 Å². The quantitative estimate of drug-likeness (QED) is 0.164. The second-order valence-corrected chi connectivity index (χ2v) is 16.9. The van der Waals surface area contributed by atoms with Gasteiger partial charge in [-0.25, -0.2) is 4.21 Å². The molecular weight excluding hydrogens is 759 g/mol. The van der Waals surface area contributed by atoms with Crippen LogP contribution in [0.25, 0.3) is 0 Å². The number of carbonyl (C=O) groups excluding carboxylic acids is 3. The van der Waals surface area contributed by atoms with E-state index in [4.69, 9.17) is 4.74 Å². The van der Waals surface area contributed by atoms with Crippen molar-refractivity contribution < 1.29 is 49.7 Å². The summed E-state index contributed by atoms with van der Waals surface area (Å²) in [7, 11) is -2.72. The molecule has 2 saturated heterocycles. The van der Waals surface area contributed by atoms with Crippen molar-refractivity contribution in [2.45, 2.75) is 88.2 Å². The zero-order chi connectivity index (χ0) is 39.5. The number of nitrogens with zero attached hydrogens (tertiary/aromatic N) is 3. The first-order valence-corrected chi connectivity index (χ1v) is 20.5. The summed E-state index contributed by atoms with van der Waals surface area (Å²) in [5.41, 5.74) is -1.89. The predicted molar refractivity (Wildman–Crippen MR) is 194 cm³/mol. The fraction of sp³-hybridized carbons (Fsp3) is 0.486. The van der Waals surface area contributed by atoms with Crippen LogP contribution in [0.3, 0.4) is 0 Å². The lowest BCUT2D eigenvalue weighted by molar-refractivity contribution is -0.160. The first kappa shape index (κ1) is 41.1. The standard InChI is InChI=1S/C37H42F6N4O5S2/c1-4-8-30-35(52-26-21-31(53-23-26)37(41,42)43,16-7-18-47(30)33(49)28-22-44-17-13-29(28)36(38,39)40)34(50)46-19-14-25(15-20-46)27-10-6-5-9-24(27)11-12-32(48)45-54(2,3)51/h5-6,9-10,13,17,21-23,25,30H,2,4,7-8,11-12,14-16,18-20H2,1,3H3,(H,45,48,51)/t30-,35+,54?/m1/s1. The normalized spacial score (nSPS) is 21.0. The van der Waals surface area contributed by atoms with Gasteiger partial charge in [-0.15, -0.1) is 11.3 Å². The van der Waals surface area contributed by atoms with Gasteiger partial charge in [0.25, 0.3) is 11.8 Å². The third-order valence-electron chi connectivity index (χ3n) is 9.79. The molecule has 1 aromatic carbocycles. The fourth-order valence-corrected chi connectivity index (χ4v) is 8.72. The highest BCUT2D eigenvalue weighted by atomic mass is 32.2. The van der Waals surface area contributed by atoms with Crippen molar-refractivity contribution in [2.75, 3.05) is 25.9 Å². The molecule has 0 aliphatic carbocycles. The average molecular weight is 801 g/mol. The van der Waals surface area contributed by atoms with E-state index in [2.05, 4.69) is 15.6 Å². The highest BCUT2D eigenvalue weighted by Crippen LogP contribution is 2.43. The number of hydrogen-bond acceptors (Lipinski definition) is 7. The van der Waals surface area contributed by atoms with Gasteiger partial charge in [-0.05, 0) is 61.1 Å². The van der Waals surface area contributed by atoms with Crippen LogP contribution < -0.4 is 9.46 Å². The van der Waals surface area contributed by atoms with Crippen molar-refractivity contribution in [2.24, 2.45) is 0 Å². The van der Waals surface area contributed by atoms with Crippen LogP contribution in [0.4, 0.5) is 26.3 Å². The number of aromatic nitrogens is 1. The number of halogens is 6. The monoisotopic (exact) mass is 800 g/mol. The van der Waals surface area contributed by atoms with Gasteiger partial charge in [-0.1, -0.05) is 37.6 Å².